The van der Waals surface area contributed by atoms with Crippen molar-refractivity contribution >= 4 is 0 Å². The van der Waals surface area contributed by atoms with Crippen molar-refractivity contribution in [1.29, 1.82) is 0 Å². The van der Waals surface area contributed by atoms with Gasteiger partial charge in [-0.15, -0.1) is 0 Å². The molecule has 0 fully saturated rings. The zero-order valence-electron chi connectivity index (χ0n) is 9.65. The number of aromatic hydroxyl groups is 2. The van der Waals surface area contributed by atoms with E-state index in [9.17, 15) is 19.8 Å². The molecule has 4 N–H and O–H groups in total. The molecule has 1 heterocycles. The fourth-order valence-electron chi connectivity index (χ4n) is 1.73. The number of phenols is 2. The van der Waals surface area contributed by atoms with E-state index in [1.165, 1.54) is 18.2 Å². The number of hydrogen-bond donors (Lipinski definition) is 4. The number of H-pyrrole nitrogens is 2. The fraction of sp³-hybridized carbons (Fsp3) is 0.167. The van der Waals surface area contributed by atoms with Crippen molar-refractivity contribution in [1.82, 2.24) is 9.97 Å². The summed E-state index contributed by atoms with van der Waals surface area (Å²) in [4.78, 5) is 27.3. The summed E-state index contributed by atoms with van der Waals surface area (Å²) in [5.41, 5.74) is 0.278. The minimum absolute atomic E-state index is 0.0525. The minimum Gasteiger partial charge on any atom is -0.508 e. The Labute approximate surface area is 102 Å². The van der Waals surface area contributed by atoms with Crippen LogP contribution in [0.1, 0.15) is 16.8 Å². The van der Waals surface area contributed by atoms with Gasteiger partial charge in [0.1, 0.15) is 11.5 Å². The highest BCUT2D eigenvalue weighted by atomic mass is 16.3. The summed E-state index contributed by atoms with van der Waals surface area (Å²) in [7, 11) is 0. The van der Waals surface area contributed by atoms with E-state index >= 15 is 0 Å². The van der Waals surface area contributed by atoms with E-state index in [4.69, 9.17) is 0 Å². The van der Waals surface area contributed by atoms with Gasteiger partial charge in [-0.2, -0.15) is 0 Å². The van der Waals surface area contributed by atoms with Crippen LogP contribution < -0.4 is 11.2 Å². The highest BCUT2D eigenvalue weighted by Crippen LogP contribution is 2.24. The lowest BCUT2D eigenvalue weighted by Gasteiger charge is -2.06. The Hall–Kier alpha value is -2.50. The lowest BCUT2D eigenvalue weighted by Crippen LogP contribution is -2.27. The summed E-state index contributed by atoms with van der Waals surface area (Å²) in [5, 5.41) is 18.8. The number of aromatic nitrogens is 2. The Morgan fingerprint density at radius 2 is 1.89 bits per heavy atom. The number of hydrogen-bond acceptors (Lipinski definition) is 4. The first-order valence-electron chi connectivity index (χ1n) is 5.30. The van der Waals surface area contributed by atoms with Crippen molar-refractivity contribution < 1.29 is 10.2 Å². The Bertz CT molecular complexity index is 700. The van der Waals surface area contributed by atoms with Gasteiger partial charge in [0.15, 0.2) is 0 Å². The van der Waals surface area contributed by atoms with E-state index in [-0.39, 0.29) is 17.9 Å². The Kier molecular flexibility index (Phi) is 2.93. The second kappa shape index (κ2) is 4.40. The first kappa shape index (κ1) is 12.0. The summed E-state index contributed by atoms with van der Waals surface area (Å²) in [5.74, 6) is -0.150. The second-order valence-corrected chi connectivity index (χ2v) is 4.00. The molecule has 18 heavy (non-hydrogen) atoms. The molecule has 2 aromatic rings. The molecule has 0 spiro atoms. The van der Waals surface area contributed by atoms with E-state index in [1.807, 2.05) is 0 Å². The van der Waals surface area contributed by atoms with E-state index in [0.29, 0.717) is 16.8 Å². The predicted octanol–water partition coefficient (Wildman–Crippen LogP) is 0.374. The molecular weight excluding hydrogens is 236 g/mol. The van der Waals surface area contributed by atoms with Crippen LogP contribution >= 0.6 is 0 Å². The molecule has 0 unspecified atom stereocenters. The molecule has 6 nitrogen and oxygen atoms in total. The topological polar surface area (TPSA) is 106 Å². The van der Waals surface area contributed by atoms with Crippen molar-refractivity contribution in [2.75, 3.05) is 0 Å². The third kappa shape index (κ3) is 2.27. The predicted molar refractivity (Wildman–Crippen MR) is 65.0 cm³/mol. The number of nitrogens with one attached hydrogen (secondary N) is 2. The van der Waals surface area contributed by atoms with Gasteiger partial charge in [-0.1, -0.05) is 6.07 Å². The summed E-state index contributed by atoms with van der Waals surface area (Å²) in [6.45, 7) is 1.61. The van der Waals surface area contributed by atoms with Gasteiger partial charge in [0.05, 0.1) is 0 Å². The van der Waals surface area contributed by atoms with Crippen LogP contribution in [-0.2, 0) is 6.42 Å². The zero-order valence-corrected chi connectivity index (χ0v) is 9.65. The molecule has 0 bridgehead atoms. The first-order chi connectivity index (χ1) is 8.47. The third-order valence-electron chi connectivity index (χ3n) is 2.69. The molecule has 1 aromatic heterocycles. The van der Waals surface area contributed by atoms with E-state index in [2.05, 4.69) is 9.97 Å². The largest absolute Gasteiger partial charge is 0.508 e. The van der Waals surface area contributed by atoms with Crippen molar-refractivity contribution in [2.24, 2.45) is 0 Å². The summed E-state index contributed by atoms with van der Waals surface area (Å²) >= 11 is 0. The maximum atomic E-state index is 11.6. The van der Waals surface area contributed by atoms with Crippen LogP contribution in [0, 0.1) is 6.92 Å². The zero-order chi connectivity index (χ0) is 13.3. The molecule has 6 heteroatoms. The highest BCUT2D eigenvalue weighted by Gasteiger charge is 2.10. The monoisotopic (exact) mass is 248 g/mol. The summed E-state index contributed by atoms with van der Waals surface area (Å²) in [6, 6.07) is 4.14. The minimum atomic E-state index is -0.559. The Morgan fingerprint density at radius 3 is 2.50 bits per heavy atom. The maximum Gasteiger partial charge on any atom is 0.325 e. The average Bonchev–Trinajstić information content (AvgIpc) is 2.25. The maximum absolute atomic E-state index is 11.6. The third-order valence-corrected chi connectivity index (χ3v) is 2.69. The number of rotatable bonds is 2. The molecule has 0 saturated heterocycles. The number of aryl methyl sites for hydroxylation is 1. The van der Waals surface area contributed by atoms with Gasteiger partial charge < -0.3 is 15.2 Å². The van der Waals surface area contributed by atoms with Crippen molar-refractivity contribution in [3.05, 3.63) is 55.9 Å². The van der Waals surface area contributed by atoms with E-state index in [1.54, 1.807) is 6.92 Å². The van der Waals surface area contributed by atoms with Crippen LogP contribution in [0.25, 0.3) is 0 Å². The summed E-state index contributed by atoms with van der Waals surface area (Å²) in [6.07, 6.45) is 0.171. The second-order valence-electron chi connectivity index (χ2n) is 4.00. The van der Waals surface area contributed by atoms with Crippen LogP contribution in [-0.4, -0.2) is 20.2 Å². The van der Waals surface area contributed by atoms with Crippen molar-refractivity contribution in [3.63, 3.8) is 0 Å². The molecule has 0 radical (unpaired) electrons. The molecule has 94 valence electrons. The first-order valence-corrected chi connectivity index (χ1v) is 5.30. The SMILES string of the molecule is Cc1[nH]c(=O)[nH]c(=O)c1Cc1ccc(O)cc1O. The van der Waals surface area contributed by atoms with Crippen LogP contribution in [0.5, 0.6) is 11.5 Å². The molecule has 0 aliphatic rings. The lowest BCUT2D eigenvalue weighted by molar-refractivity contribution is 0.447. The van der Waals surface area contributed by atoms with E-state index < -0.39 is 11.2 Å². The molecule has 0 aliphatic heterocycles. The fourth-order valence-corrected chi connectivity index (χ4v) is 1.73. The summed E-state index contributed by atoms with van der Waals surface area (Å²) < 4.78 is 0. The molecule has 1 aromatic carbocycles. The van der Waals surface area contributed by atoms with Crippen LogP contribution in [0.2, 0.25) is 0 Å². The lowest BCUT2D eigenvalue weighted by atomic mass is 10.0. The highest BCUT2D eigenvalue weighted by molar-refractivity contribution is 5.41. The van der Waals surface area contributed by atoms with Crippen molar-refractivity contribution in [2.45, 2.75) is 13.3 Å². The van der Waals surface area contributed by atoms with Gasteiger partial charge in [0, 0.05) is 23.7 Å². The molecule has 0 atom stereocenters. The van der Waals surface area contributed by atoms with Gasteiger partial charge in [-0.3, -0.25) is 9.78 Å². The van der Waals surface area contributed by atoms with Crippen LogP contribution in [0.15, 0.2) is 27.8 Å². The normalized spacial score (nSPS) is 10.5. The number of benzene rings is 1. The standard InChI is InChI=1S/C12H12N2O4/c1-6-9(11(17)14-12(18)13-6)4-7-2-3-8(15)5-10(7)16/h2-3,5,15-16H,4H2,1H3,(H2,13,14,17,18). The molecule has 0 saturated carbocycles. The van der Waals surface area contributed by atoms with Gasteiger partial charge >= 0.3 is 5.69 Å². The smallest absolute Gasteiger partial charge is 0.325 e. The van der Waals surface area contributed by atoms with Gasteiger partial charge in [0.25, 0.3) is 5.56 Å². The van der Waals surface area contributed by atoms with E-state index in [0.717, 1.165) is 0 Å². The van der Waals surface area contributed by atoms with Gasteiger partial charge in [-0.25, -0.2) is 4.79 Å². The Morgan fingerprint density at radius 1 is 1.17 bits per heavy atom. The van der Waals surface area contributed by atoms with Crippen LogP contribution in [0.3, 0.4) is 0 Å². The van der Waals surface area contributed by atoms with Crippen molar-refractivity contribution in [3.8, 4) is 11.5 Å². The van der Waals surface area contributed by atoms with Gasteiger partial charge in [-0.05, 0) is 18.6 Å². The quantitative estimate of drug-likeness (QED) is 0.616. The molecule has 0 aliphatic carbocycles. The number of aromatic amines is 2. The van der Waals surface area contributed by atoms with Gasteiger partial charge in [0.2, 0.25) is 0 Å². The molecule has 0 amide bonds. The molecular formula is C12H12N2O4. The average molecular weight is 248 g/mol. The van der Waals surface area contributed by atoms with Crippen LogP contribution in [0.4, 0.5) is 0 Å². The Balaban J connectivity index is 2.46. The number of phenolic OH excluding ortho intramolecular Hbond substituents is 2. The molecule has 2 rings (SSSR count).